The van der Waals surface area contributed by atoms with Gasteiger partial charge in [0.2, 0.25) is 5.67 Å². The Kier molecular flexibility index (Phi) is 11.7. The van der Waals surface area contributed by atoms with Gasteiger partial charge in [-0.1, -0.05) is 6.42 Å². The molecule has 0 aromatic heterocycles. The minimum atomic E-state index is -5.33. The highest BCUT2D eigenvalue weighted by atomic mass is 36.5. The summed E-state index contributed by atoms with van der Waals surface area (Å²) in [5, 5.41) is 9.93. The molecule has 132 valence electrons. The minimum absolute atomic E-state index is 0.00715. The molecule has 2 atom stereocenters. The number of thiocyanates is 1. The molecule has 0 aliphatic rings. The maximum Gasteiger partial charge on any atom is 0.422 e. The van der Waals surface area contributed by atoms with Crippen molar-refractivity contribution in [1.82, 2.24) is 0 Å². The highest BCUT2D eigenvalue weighted by Gasteiger charge is 2.56. The topological polar surface area (TPSA) is 23.8 Å². The van der Waals surface area contributed by atoms with Crippen molar-refractivity contribution in [3.63, 3.8) is 0 Å². The lowest BCUT2D eigenvalue weighted by molar-refractivity contribution is -0.248. The van der Waals surface area contributed by atoms with E-state index in [0.717, 1.165) is 11.8 Å². The van der Waals surface area contributed by atoms with E-state index >= 15 is 0 Å². The molecule has 0 spiro atoms. The molecule has 2 unspecified atom stereocenters. The largest absolute Gasteiger partial charge is 0.422 e. The zero-order valence-electron chi connectivity index (χ0n) is 11.4. The molecule has 0 aromatic rings. The maximum absolute atomic E-state index is 13.3. The fourth-order valence-corrected chi connectivity index (χ4v) is 2.01. The van der Waals surface area contributed by atoms with E-state index in [1.807, 2.05) is 0 Å². The monoisotopic (exact) mass is 395 g/mol. The quantitative estimate of drug-likeness (QED) is 0.275. The van der Waals surface area contributed by atoms with Gasteiger partial charge in [0, 0.05) is 33.9 Å². The van der Waals surface area contributed by atoms with Crippen molar-refractivity contribution in [1.29, 1.82) is 5.26 Å². The van der Waals surface area contributed by atoms with Gasteiger partial charge in [-0.05, 0) is 31.5 Å². The van der Waals surface area contributed by atoms with E-state index in [2.05, 4.69) is 21.7 Å². The first kappa shape index (κ1) is 24.2. The number of alkyl halides is 7. The van der Waals surface area contributed by atoms with Crippen molar-refractivity contribution in [3.8, 4) is 5.40 Å². The van der Waals surface area contributed by atoms with Gasteiger partial charge in [-0.15, -0.1) is 0 Å². The Hall–Kier alpha value is -0.0700. The first-order chi connectivity index (χ1) is 9.92. The molecule has 1 nitrogen and oxygen atoms in total. The molecule has 0 saturated carbocycles. The number of nitrogens with zero attached hydrogens (tertiary/aromatic N) is 1. The Bertz CT molecular complexity index is 339. The molecule has 0 N–H and O–H groups in total. The highest BCUT2D eigenvalue weighted by molar-refractivity contribution is 8.03. The number of nitriles is 1. The van der Waals surface area contributed by atoms with Crippen molar-refractivity contribution in [2.45, 2.75) is 50.6 Å². The third-order valence-corrected chi connectivity index (χ3v) is 3.42. The molecule has 0 bridgehead atoms. The molecule has 0 amide bonds. The molecule has 0 aliphatic carbocycles. The van der Waals surface area contributed by atoms with Crippen LogP contribution in [-0.2, 0) is 0 Å². The van der Waals surface area contributed by atoms with Crippen LogP contribution in [0.1, 0.15) is 32.6 Å². The fraction of sp³-hybridized carbons (Fsp3) is 0.909. The van der Waals surface area contributed by atoms with Gasteiger partial charge in [0.05, 0.1) is 5.92 Å². The van der Waals surface area contributed by atoms with E-state index in [0.29, 0.717) is 5.75 Å². The summed E-state index contributed by atoms with van der Waals surface area (Å²) in [6.45, 7) is 0.122. The fourth-order valence-electron chi connectivity index (χ4n) is 1.57. The van der Waals surface area contributed by atoms with E-state index in [1.165, 1.54) is 0 Å². The zero-order valence-corrected chi connectivity index (χ0v) is 13.7. The summed E-state index contributed by atoms with van der Waals surface area (Å²) in [6.07, 6.45) is -12.2. The Labute approximate surface area is 137 Å². The second-order valence-corrected chi connectivity index (χ2v) is 5.45. The first-order valence-corrected chi connectivity index (χ1v) is 8.02. The average molecular weight is 396 g/mol. The Balaban J connectivity index is 0. The molecule has 0 radical (unpaired) electrons. The number of unbranched alkanes of at least 4 members (excludes halogenated alkanes) is 1. The van der Waals surface area contributed by atoms with Gasteiger partial charge in [0.15, 0.2) is 0 Å². The summed E-state index contributed by atoms with van der Waals surface area (Å²) in [6, 6.07) is 0. The molecule has 0 heterocycles. The standard InChI is InChI=1S/C11H14F7NS.Cl2/c1-9(12,11(16,17)18)6-8(10(13,14)15)4-2-3-5-20-7-19;1-2/h8H,2-6H2,1H3;. The van der Waals surface area contributed by atoms with Gasteiger partial charge in [-0.25, -0.2) is 4.39 Å². The van der Waals surface area contributed by atoms with E-state index in [1.54, 1.807) is 5.40 Å². The molecule has 0 fully saturated rings. The van der Waals surface area contributed by atoms with Gasteiger partial charge in [-0.3, -0.25) is 0 Å². The van der Waals surface area contributed by atoms with Gasteiger partial charge < -0.3 is 0 Å². The molecular formula is C11H14Cl2F7NS. The van der Waals surface area contributed by atoms with Crippen LogP contribution in [-0.4, -0.2) is 23.8 Å². The van der Waals surface area contributed by atoms with Crippen LogP contribution in [0.4, 0.5) is 30.7 Å². The molecule has 0 rings (SSSR count). The third-order valence-electron chi connectivity index (χ3n) is 2.80. The number of thioether (sulfide) groups is 1. The number of rotatable bonds is 7. The van der Waals surface area contributed by atoms with Crippen molar-refractivity contribution in [2.24, 2.45) is 5.92 Å². The smallest absolute Gasteiger partial charge is 0.234 e. The zero-order chi connectivity index (χ0) is 18.0. The van der Waals surface area contributed by atoms with Crippen molar-refractivity contribution in [3.05, 3.63) is 0 Å². The predicted molar refractivity (Wildman–Crippen MR) is 73.4 cm³/mol. The normalized spacial score (nSPS) is 16.0. The number of halogens is 9. The predicted octanol–water partition coefficient (Wildman–Crippen LogP) is 6.61. The lowest BCUT2D eigenvalue weighted by Crippen LogP contribution is -2.42. The lowest BCUT2D eigenvalue weighted by atomic mass is 9.88. The third kappa shape index (κ3) is 9.85. The van der Waals surface area contributed by atoms with Gasteiger partial charge >= 0.3 is 12.4 Å². The molecule has 11 heteroatoms. The van der Waals surface area contributed by atoms with Crippen LogP contribution in [0.25, 0.3) is 0 Å². The van der Waals surface area contributed by atoms with Gasteiger partial charge in [-0.2, -0.15) is 31.6 Å². The summed E-state index contributed by atoms with van der Waals surface area (Å²) in [5.74, 6) is -2.04. The van der Waals surface area contributed by atoms with Crippen molar-refractivity contribution >= 4 is 33.5 Å². The van der Waals surface area contributed by atoms with E-state index in [-0.39, 0.29) is 19.8 Å². The van der Waals surface area contributed by atoms with Crippen LogP contribution in [0.15, 0.2) is 0 Å². The SMILES string of the molecule is CC(F)(CC(CCCCSC#N)C(F)(F)F)C(F)(F)F.ClCl. The van der Waals surface area contributed by atoms with E-state index < -0.39 is 36.8 Å². The van der Waals surface area contributed by atoms with Crippen LogP contribution in [0.2, 0.25) is 0 Å². The Morgan fingerprint density at radius 1 is 1.05 bits per heavy atom. The number of hydrogen-bond donors (Lipinski definition) is 0. The maximum atomic E-state index is 13.3. The summed E-state index contributed by atoms with van der Waals surface area (Å²) >= 11 is 0.855. The molecule has 0 aliphatic heterocycles. The van der Waals surface area contributed by atoms with E-state index in [4.69, 9.17) is 5.26 Å². The minimum Gasteiger partial charge on any atom is -0.234 e. The van der Waals surface area contributed by atoms with Crippen LogP contribution >= 0.6 is 33.5 Å². The van der Waals surface area contributed by atoms with Crippen LogP contribution in [0.5, 0.6) is 0 Å². The molecule has 0 aromatic carbocycles. The van der Waals surface area contributed by atoms with Gasteiger partial charge in [0.25, 0.3) is 0 Å². The molecule has 22 heavy (non-hydrogen) atoms. The van der Waals surface area contributed by atoms with Crippen LogP contribution in [0, 0.1) is 16.6 Å². The van der Waals surface area contributed by atoms with Gasteiger partial charge in [0.1, 0.15) is 5.40 Å². The first-order valence-electron chi connectivity index (χ1n) is 5.89. The van der Waals surface area contributed by atoms with Crippen molar-refractivity contribution in [2.75, 3.05) is 5.75 Å². The lowest BCUT2D eigenvalue weighted by Gasteiger charge is -2.29. The molecule has 0 saturated heterocycles. The summed E-state index contributed by atoms with van der Waals surface area (Å²) in [7, 11) is 8.22. The Morgan fingerprint density at radius 3 is 1.91 bits per heavy atom. The summed E-state index contributed by atoms with van der Waals surface area (Å²) < 4.78 is 88.1. The average Bonchev–Trinajstić information content (AvgIpc) is 2.37. The van der Waals surface area contributed by atoms with Crippen LogP contribution in [0.3, 0.4) is 0 Å². The van der Waals surface area contributed by atoms with Crippen molar-refractivity contribution < 1.29 is 30.7 Å². The molecular weight excluding hydrogens is 382 g/mol. The van der Waals surface area contributed by atoms with Crippen LogP contribution < -0.4 is 0 Å². The van der Waals surface area contributed by atoms with E-state index in [9.17, 15) is 30.7 Å². The highest BCUT2D eigenvalue weighted by Crippen LogP contribution is 2.44. The second-order valence-electron chi connectivity index (χ2n) is 4.57. The second kappa shape index (κ2) is 10.7. The summed E-state index contributed by atoms with van der Waals surface area (Å²) in [5.41, 5.74) is -3.87. The Morgan fingerprint density at radius 2 is 1.55 bits per heavy atom. The summed E-state index contributed by atoms with van der Waals surface area (Å²) in [4.78, 5) is 0. The number of hydrogen-bond acceptors (Lipinski definition) is 2.